The van der Waals surface area contributed by atoms with Gasteiger partial charge >= 0.3 is 0 Å². The molecule has 1 amide bonds. The molecule has 158 valence electrons. The minimum absolute atomic E-state index is 0.0781. The summed E-state index contributed by atoms with van der Waals surface area (Å²) >= 11 is 0. The average molecular weight is 410 g/mol. The second-order valence-corrected chi connectivity index (χ2v) is 7.61. The van der Waals surface area contributed by atoms with Gasteiger partial charge in [-0.05, 0) is 30.2 Å². The first kappa shape index (κ1) is 21.5. The summed E-state index contributed by atoms with van der Waals surface area (Å²) in [6.45, 7) is 3.62. The van der Waals surface area contributed by atoms with Crippen molar-refractivity contribution in [1.82, 2.24) is 9.88 Å². The molecule has 7 heteroatoms. The molecule has 7 nitrogen and oxygen atoms in total. The zero-order valence-electron chi connectivity index (χ0n) is 17.6. The number of ether oxygens (including phenoxy) is 1. The van der Waals surface area contributed by atoms with Crippen molar-refractivity contribution in [3.8, 4) is 5.75 Å². The Labute approximate surface area is 176 Å². The Kier molecular flexibility index (Phi) is 6.84. The van der Waals surface area contributed by atoms with E-state index in [1.54, 1.807) is 42.7 Å². The van der Waals surface area contributed by atoms with Crippen LogP contribution in [-0.4, -0.2) is 60.5 Å². The third-order valence-electron chi connectivity index (χ3n) is 4.97. The van der Waals surface area contributed by atoms with Crippen LogP contribution in [0.5, 0.6) is 5.75 Å². The molecular weight excluding hydrogens is 382 g/mol. The molecule has 2 N–H and O–H groups in total. The number of amides is 1. The van der Waals surface area contributed by atoms with Crippen molar-refractivity contribution >= 4 is 17.4 Å². The SMILES string of the molecule is CCCOc1cccc(C(O)=C2C(=O)C(=O)N(CC[NH+](C)C)[C@H]2c2cccnc2)c1. The summed E-state index contributed by atoms with van der Waals surface area (Å²) in [4.78, 5) is 32.6. The zero-order valence-corrected chi connectivity index (χ0v) is 17.6. The van der Waals surface area contributed by atoms with E-state index in [2.05, 4.69) is 4.98 Å². The number of carbonyl (C=O) groups is 2. The van der Waals surface area contributed by atoms with Gasteiger partial charge in [0.15, 0.2) is 0 Å². The number of aromatic nitrogens is 1. The van der Waals surface area contributed by atoms with Crippen molar-refractivity contribution in [3.05, 3.63) is 65.5 Å². The fraction of sp³-hybridized carbons (Fsp3) is 0.348. The molecule has 1 fully saturated rings. The molecule has 1 saturated heterocycles. The van der Waals surface area contributed by atoms with E-state index in [1.165, 1.54) is 4.90 Å². The maximum Gasteiger partial charge on any atom is 0.295 e. The van der Waals surface area contributed by atoms with Crippen LogP contribution in [0.1, 0.15) is 30.5 Å². The summed E-state index contributed by atoms with van der Waals surface area (Å²) in [5.74, 6) is -0.895. The van der Waals surface area contributed by atoms with Crippen molar-refractivity contribution in [2.75, 3.05) is 33.8 Å². The number of benzene rings is 1. The Hall–Kier alpha value is -3.19. The van der Waals surface area contributed by atoms with Crippen molar-refractivity contribution in [1.29, 1.82) is 0 Å². The van der Waals surface area contributed by atoms with Crippen LogP contribution in [0.25, 0.3) is 5.76 Å². The lowest BCUT2D eigenvalue weighted by atomic mass is 9.96. The van der Waals surface area contributed by atoms with Gasteiger partial charge in [-0.25, -0.2) is 0 Å². The lowest BCUT2D eigenvalue weighted by Crippen LogP contribution is -3.06. The van der Waals surface area contributed by atoms with Gasteiger partial charge in [-0.3, -0.25) is 14.6 Å². The van der Waals surface area contributed by atoms with Gasteiger partial charge in [0.25, 0.3) is 11.7 Å². The lowest BCUT2D eigenvalue weighted by Gasteiger charge is -2.25. The van der Waals surface area contributed by atoms with Gasteiger partial charge in [0.2, 0.25) is 0 Å². The Morgan fingerprint density at radius 1 is 1.23 bits per heavy atom. The van der Waals surface area contributed by atoms with E-state index in [4.69, 9.17) is 4.74 Å². The third kappa shape index (κ3) is 4.52. The number of carbonyl (C=O) groups excluding carboxylic acids is 2. The first-order chi connectivity index (χ1) is 14.4. The van der Waals surface area contributed by atoms with E-state index in [1.807, 2.05) is 27.1 Å². The molecule has 1 aliphatic rings. The molecule has 2 heterocycles. The van der Waals surface area contributed by atoms with E-state index < -0.39 is 17.7 Å². The molecule has 0 spiro atoms. The molecule has 2 aromatic rings. The van der Waals surface area contributed by atoms with Gasteiger partial charge in [-0.15, -0.1) is 0 Å². The number of hydrogen-bond donors (Lipinski definition) is 2. The van der Waals surface area contributed by atoms with E-state index in [0.717, 1.165) is 11.3 Å². The van der Waals surface area contributed by atoms with Crippen molar-refractivity contribution in [3.63, 3.8) is 0 Å². The van der Waals surface area contributed by atoms with Crippen LogP contribution in [-0.2, 0) is 9.59 Å². The average Bonchev–Trinajstić information content (AvgIpc) is 3.01. The van der Waals surface area contributed by atoms with Gasteiger partial charge in [0.1, 0.15) is 11.5 Å². The van der Waals surface area contributed by atoms with Gasteiger partial charge in [0.05, 0.1) is 45.4 Å². The molecule has 3 rings (SSSR count). The summed E-state index contributed by atoms with van der Waals surface area (Å²) < 4.78 is 5.65. The number of pyridine rings is 1. The van der Waals surface area contributed by atoms with E-state index in [-0.39, 0.29) is 11.3 Å². The number of likely N-dealkylation sites (tertiary alicyclic amines) is 1. The highest BCUT2D eigenvalue weighted by Gasteiger charge is 2.46. The highest BCUT2D eigenvalue weighted by atomic mass is 16.5. The number of nitrogens with one attached hydrogen (secondary N) is 1. The predicted molar refractivity (Wildman–Crippen MR) is 113 cm³/mol. The topological polar surface area (TPSA) is 84.2 Å². The standard InChI is InChI=1S/C23H27N3O4/c1-4-13-30-18-9-5-7-16(14-18)21(27)19-20(17-8-6-10-24-15-17)26(12-11-25(2)3)23(29)22(19)28/h5-10,14-15,20,27H,4,11-13H2,1-3H3/p+1/t20-/m0/s1. The number of aliphatic hydroxyl groups is 1. The molecule has 30 heavy (non-hydrogen) atoms. The molecule has 1 atom stereocenters. The number of ketones is 1. The first-order valence-corrected chi connectivity index (χ1v) is 10.1. The Balaban J connectivity index is 2.07. The normalized spacial score (nSPS) is 18.3. The lowest BCUT2D eigenvalue weighted by molar-refractivity contribution is -0.857. The Morgan fingerprint density at radius 2 is 2.03 bits per heavy atom. The van der Waals surface area contributed by atoms with Crippen LogP contribution >= 0.6 is 0 Å². The van der Waals surface area contributed by atoms with Gasteiger partial charge in [-0.1, -0.05) is 25.1 Å². The number of rotatable bonds is 8. The second-order valence-electron chi connectivity index (χ2n) is 7.61. The van der Waals surface area contributed by atoms with Crippen LogP contribution in [0.2, 0.25) is 0 Å². The molecule has 0 unspecified atom stereocenters. The largest absolute Gasteiger partial charge is 0.507 e. The van der Waals surface area contributed by atoms with Gasteiger partial charge in [0, 0.05) is 18.0 Å². The second kappa shape index (κ2) is 9.54. The van der Waals surface area contributed by atoms with Crippen LogP contribution in [0, 0.1) is 0 Å². The van der Waals surface area contributed by atoms with Crippen LogP contribution < -0.4 is 9.64 Å². The fourth-order valence-electron chi connectivity index (χ4n) is 3.45. The number of aliphatic hydroxyl groups excluding tert-OH is 1. The fourth-order valence-corrected chi connectivity index (χ4v) is 3.45. The van der Waals surface area contributed by atoms with Crippen molar-refractivity contribution in [2.24, 2.45) is 0 Å². The van der Waals surface area contributed by atoms with Crippen LogP contribution in [0.4, 0.5) is 0 Å². The molecule has 0 saturated carbocycles. The highest BCUT2D eigenvalue weighted by molar-refractivity contribution is 6.46. The number of hydrogen-bond acceptors (Lipinski definition) is 5. The zero-order chi connectivity index (χ0) is 21.7. The number of likely N-dealkylation sites (N-methyl/N-ethyl adjacent to an activating group) is 1. The monoisotopic (exact) mass is 410 g/mol. The molecule has 0 radical (unpaired) electrons. The smallest absolute Gasteiger partial charge is 0.295 e. The molecule has 1 aromatic carbocycles. The highest BCUT2D eigenvalue weighted by Crippen LogP contribution is 2.39. The van der Waals surface area contributed by atoms with Crippen molar-refractivity contribution < 1.29 is 24.3 Å². The maximum atomic E-state index is 12.9. The molecular formula is C23H28N3O4+. The molecule has 0 bridgehead atoms. The van der Waals surface area contributed by atoms with Crippen molar-refractivity contribution in [2.45, 2.75) is 19.4 Å². The molecule has 1 aromatic heterocycles. The van der Waals surface area contributed by atoms with E-state index >= 15 is 0 Å². The number of Topliss-reactive ketones (excluding diaryl/α,β-unsaturated/α-hetero) is 1. The minimum Gasteiger partial charge on any atom is -0.507 e. The van der Waals surface area contributed by atoms with E-state index in [0.29, 0.717) is 36.6 Å². The molecule has 1 aliphatic heterocycles. The Bertz CT molecular complexity index is 940. The Morgan fingerprint density at radius 3 is 2.70 bits per heavy atom. The van der Waals surface area contributed by atoms with Crippen LogP contribution in [0.3, 0.4) is 0 Å². The summed E-state index contributed by atoms with van der Waals surface area (Å²) in [6.07, 6.45) is 4.12. The summed E-state index contributed by atoms with van der Waals surface area (Å²) in [5, 5.41) is 11.1. The summed E-state index contributed by atoms with van der Waals surface area (Å²) in [5.41, 5.74) is 1.20. The minimum atomic E-state index is -0.685. The van der Waals surface area contributed by atoms with Gasteiger partial charge < -0.3 is 19.6 Å². The summed E-state index contributed by atoms with van der Waals surface area (Å²) in [6, 6.07) is 9.82. The molecule has 0 aliphatic carbocycles. The quantitative estimate of drug-likeness (QED) is 0.391. The first-order valence-electron chi connectivity index (χ1n) is 10.1. The predicted octanol–water partition coefficient (Wildman–Crippen LogP) is 1.44. The van der Waals surface area contributed by atoms with Crippen LogP contribution in [0.15, 0.2) is 54.4 Å². The number of quaternary nitrogens is 1. The van der Waals surface area contributed by atoms with E-state index in [9.17, 15) is 14.7 Å². The van der Waals surface area contributed by atoms with Gasteiger partial charge in [-0.2, -0.15) is 0 Å². The summed E-state index contributed by atoms with van der Waals surface area (Å²) in [7, 11) is 3.97. The third-order valence-corrected chi connectivity index (χ3v) is 4.97. The maximum absolute atomic E-state index is 12.9. The number of nitrogens with zero attached hydrogens (tertiary/aromatic N) is 2.